The Bertz CT molecular complexity index is 1010. The van der Waals surface area contributed by atoms with Crippen molar-refractivity contribution in [3.63, 3.8) is 0 Å². The second-order valence-corrected chi connectivity index (χ2v) is 13.4. The highest BCUT2D eigenvalue weighted by Gasteiger charge is 2.67. The lowest BCUT2D eigenvalue weighted by atomic mass is 9.43. The lowest BCUT2D eigenvalue weighted by Gasteiger charge is -2.63. The molecule has 2 N–H and O–H groups in total. The van der Waals surface area contributed by atoms with Gasteiger partial charge in [0, 0.05) is 31.6 Å². The van der Waals surface area contributed by atoms with Gasteiger partial charge in [-0.05, 0) is 79.4 Å². The van der Waals surface area contributed by atoms with Gasteiger partial charge in [-0.25, -0.2) is 4.18 Å². The minimum atomic E-state index is -4.71. The molecule has 10 atom stereocenters. The first-order chi connectivity index (χ1) is 16.7. The molecule has 0 heterocycles. The van der Waals surface area contributed by atoms with Crippen molar-refractivity contribution >= 4 is 28.1 Å². The lowest BCUT2D eigenvalue weighted by Crippen LogP contribution is -2.63. The molecular formula is C26H40O9S. The van der Waals surface area contributed by atoms with Crippen molar-refractivity contribution in [3.05, 3.63) is 0 Å². The normalized spacial score (nSPS) is 43.1. The zero-order valence-corrected chi connectivity index (χ0v) is 22.5. The maximum absolute atomic E-state index is 12.4. The average molecular weight is 529 g/mol. The van der Waals surface area contributed by atoms with Crippen LogP contribution >= 0.6 is 0 Å². The van der Waals surface area contributed by atoms with Crippen molar-refractivity contribution in [1.82, 2.24) is 0 Å². The molecule has 0 saturated heterocycles. The zero-order valence-electron chi connectivity index (χ0n) is 21.6. The monoisotopic (exact) mass is 528 g/mol. The lowest BCUT2D eigenvalue weighted by molar-refractivity contribution is -0.209. The third kappa shape index (κ3) is 4.85. The van der Waals surface area contributed by atoms with Crippen molar-refractivity contribution < 1.29 is 41.4 Å². The molecule has 4 aliphatic rings. The van der Waals surface area contributed by atoms with Gasteiger partial charge in [-0.15, -0.1) is 0 Å². The van der Waals surface area contributed by atoms with Crippen molar-refractivity contribution in [1.29, 1.82) is 0 Å². The topological polar surface area (TPSA) is 144 Å². The molecule has 0 spiro atoms. The number of rotatable bonds is 7. The summed E-state index contributed by atoms with van der Waals surface area (Å²) in [5.74, 6) is -1.21. The molecule has 4 aliphatic carbocycles. The van der Waals surface area contributed by atoms with E-state index in [4.69, 9.17) is 8.92 Å². The minimum Gasteiger partial charge on any atom is -0.481 e. The minimum absolute atomic E-state index is 0.0277. The number of Topliss-reactive ketones (excluding diaryl/α,β-unsaturated/α-hetero) is 1. The van der Waals surface area contributed by atoms with E-state index in [0.717, 1.165) is 12.8 Å². The van der Waals surface area contributed by atoms with Crippen molar-refractivity contribution in [2.45, 2.75) is 97.7 Å². The summed E-state index contributed by atoms with van der Waals surface area (Å²) in [6, 6.07) is 0. The Morgan fingerprint density at radius 2 is 1.86 bits per heavy atom. The summed E-state index contributed by atoms with van der Waals surface area (Å²) in [7, 11) is -4.71. The number of ketones is 1. The average Bonchev–Trinajstić information content (AvgIpc) is 3.10. The first-order valence-corrected chi connectivity index (χ1v) is 14.6. The largest absolute Gasteiger partial charge is 0.481 e. The molecular weight excluding hydrogens is 488 g/mol. The fraction of sp³-hybridized carbons (Fsp3) is 0.885. The molecule has 4 rings (SSSR count). The van der Waals surface area contributed by atoms with Gasteiger partial charge in [-0.2, -0.15) is 8.42 Å². The summed E-state index contributed by atoms with van der Waals surface area (Å²) < 4.78 is 44.9. The number of carbonyl (C=O) groups is 3. The van der Waals surface area contributed by atoms with E-state index in [-0.39, 0.29) is 59.1 Å². The van der Waals surface area contributed by atoms with Crippen molar-refractivity contribution in [3.8, 4) is 0 Å². The maximum atomic E-state index is 12.4. The van der Waals surface area contributed by atoms with Crippen molar-refractivity contribution in [2.24, 2.45) is 46.3 Å². The summed E-state index contributed by atoms with van der Waals surface area (Å²) in [6.07, 6.45) is 3.47. The Morgan fingerprint density at radius 1 is 1.17 bits per heavy atom. The highest BCUT2D eigenvalue weighted by Crippen LogP contribution is 2.69. The predicted molar refractivity (Wildman–Crippen MR) is 129 cm³/mol. The second kappa shape index (κ2) is 9.66. The molecule has 4 fully saturated rings. The number of aliphatic carboxylic acids is 1. The van der Waals surface area contributed by atoms with Gasteiger partial charge in [0.15, 0.2) is 0 Å². The van der Waals surface area contributed by atoms with E-state index >= 15 is 0 Å². The van der Waals surface area contributed by atoms with Gasteiger partial charge in [0.05, 0.1) is 6.10 Å². The number of hydrogen-bond acceptors (Lipinski definition) is 7. The highest BCUT2D eigenvalue weighted by molar-refractivity contribution is 7.80. The molecule has 204 valence electrons. The molecule has 0 radical (unpaired) electrons. The molecule has 0 amide bonds. The number of esters is 1. The van der Waals surface area contributed by atoms with Gasteiger partial charge >= 0.3 is 22.3 Å². The number of carboxylic acids is 1. The highest BCUT2D eigenvalue weighted by atomic mass is 32.3. The number of carboxylic acid groups (broad SMARTS) is 1. The predicted octanol–water partition coefficient (Wildman–Crippen LogP) is 4.05. The Morgan fingerprint density at radius 3 is 2.47 bits per heavy atom. The summed E-state index contributed by atoms with van der Waals surface area (Å²) >= 11 is 0. The van der Waals surface area contributed by atoms with E-state index in [1.54, 1.807) is 0 Å². The molecule has 0 aliphatic heterocycles. The van der Waals surface area contributed by atoms with E-state index in [0.29, 0.717) is 38.5 Å². The standard InChI is InChI=1S/C26H40O9S/c1-14(5-8-23(29)30)18-6-7-19-24-20(13-22(26(18,19)4)34-15(2)27)25(3)10-9-17(28)11-16(25)12-21(24)35-36(31,32)33/h14,16,18-22,24H,5-13H2,1-4H3,(H,29,30)(H,31,32,33)/t14-,16+,18-,19+,20+,21-,22+,24+,25+,26-/m1/s1. The smallest absolute Gasteiger partial charge is 0.397 e. The number of fused-ring (bicyclic) bond motifs is 5. The molecule has 10 heteroatoms. The molecule has 4 saturated carbocycles. The molecule has 0 aromatic rings. The summed E-state index contributed by atoms with van der Waals surface area (Å²) in [5.41, 5.74) is -0.719. The van der Waals surface area contributed by atoms with E-state index in [1.807, 2.05) is 0 Å². The number of carbonyl (C=O) groups excluding carboxylic acids is 2. The molecule has 0 bridgehead atoms. The summed E-state index contributed by atoms with van der Waals surface area (Å²) in [4.78, 5) is 35.9. The number of ether oxygens (including phenoxy) is 1. The van der Waals surface area contributed by atoms with Crippen LogP contribution in [-0.4, -0.2) is 48.0 Å². The van der Waals surface area contributed by atoms with E-state index in [9.17, 15) is 32.5 Å². The van der Waals surface area contributed by atoms with Crippen LogP contribution in [0.4, 0.5) is 0 Å². The molecule has 0 aromatic carbocycles. The first-order valence-electron chi connectivity index (χ1n) is 13.2. The Balaban J connectivity index is 1.77. The van der Waals surface area contributed by atoms with E-state index in [1.165, 1.54) is 6.92 Å². The Kier molecular flexibility index (Phi) is 7.38. The third-order valence-electron chi connectivity index (χ3n) is 10.7. The quantitative estimate of drug-likeness (QED) is 0.369. The van der Waals surface area contributed by atoms with Crippen LogP contribution in [0.1, 0.15) is 85.5 Å². The second-order valence-electron chi connectivity index (χ2n) is 12.3. The van der Waals surface area contributed by atoms with Crippen molar-refractivity contribution in [2.75, 3.05) is 0 Å². The summed E-state index contributed by atoms with van der Waals surface area (Å²) in [5, 5.41) is 9.24. The molecule has 0 aromatic heterocycles. The van der Waals surface area contributed by atoms with Gasteiger partial charge in [0.25, 0.3) is 0 Å². The van der Waals surface area contributed by atoms with Crippen LogP contribution in [0.2, 0.25) is 0 Å². The molecule has 9 nitrogen and oxygen atoms in total. The Hall–Kier alpha value is -1.52. The maximum Gasteiger partial charge on any atom is 0.397 e. The first kappa shape index (κ1) is 27.5. The molecule has 0 unspecified atom stereocenters. The van der Waals surface area contributed by atoms with Crippen LogP contribution in [0, 0.1) is 46.3 Å². The van der Waals surface area contributed by atoms with Gasteiger partial charge in [0.2, 0.25) is 0 Å². The third-order valence-corrected chi connectivity index (χ3v) is 11.2. The Labute approximate surface area is 213 Å². The summed E-state index contributed by atoms with van der Waals surface area (Å²) in [6.45, 7) is 7.74. The van der Waals surface area contributed by atoms with Gasteiger partial charge in [0.1, 0.15) is 11.9 Å². The van der Waals surface area contributed by atoms with Crippen LogP contribution in [0.15, 0.2) is 0 Å². The van der Waals surface area contributed by atoms with Gasteiger partial charge < -0.3 is 9.84 Å². The van der Waals surface area contributed by atoms with Crippen LogP contribution in [-0.2, 0) is 33.7 Å². The fourth-order valence-electron chi connectivity index (χ4n) is 9.08. The van der Waals surface area contributed by atoms with Crippen LogP contribution in [0.5, 0.6) is 0 Å². The van der Waals surface area contributed by atoms with Crippen LogP contribution < -0.4 is 0 Å². The SMILES string of the molecule is CC(=O)O[C@H]1C[C@H]2[C@@H]([C@H](OS(=O)(=O)O)C[C@@H]3CC(=O)CC[C@@]32C)[C@@H]2CC[C@H]([C@H](C)CCC(=O)O)[C@@]12C. The zero-order chi connectivity index (χ0) is 26.6. The number of hydrogen-bond donors (Lipinski definition) is 2. The van der Waals surface area contributed by atoms with E-state index < -0.39 is 34.0 Å². The molecule has 36 heavy (non-hydrogen) atoms. The van der Waals surface area contributed by atoms with Gasteiger partial charge in [-0.1, -0.05) is 20.8 Å². The van der Waals surface area contributed by atoms with Gasteiger partial charge in [-0.3, -0.25) is 18.9 Å². The fourth-order valence-corrected chi connectivity index (χ4v) is 9.60. The van der Waals surface area contributed by atoms with Crippen LogP contribution in [0.25, 0.3) is 0 Å². The van der Waals surface area contributed by atoms with E-state index in [2.05, 4.69) is 20.8 Å². The van der Waals surface area contributed by atoms with Crippen LogP contribution in [0.3, 0.4) is 0 Å².